The molecule has 3 aromatic heterocycles. The molecule has 0 saturated heterocycles. The molecule has 0 fully saturated rings. The van der Waals surface area contributed by atoms with Gasteiger partial charge in [-0.3, -0.25) is 0 Å². The number of nitrogens with one attached hydrogen (secondary N) is 1. The molecule has 0 atom stereocenters. The number of fused-ring (bicyclic) bond motifs is 5. The monoisotopic (exact) mass is 545 g/mol. The third-order valence-corrected chi connectivity index (χ3v) is 9.79. The van der Waals surface area contributed by atoms with Gasteiger partial charge in [-0.15, -0.1) is 22.7 Å². The third kappa shape index (κ3) is 4.64. The molecular formula is C34H31N3S2. The molecule has 7 aromatic rings. The van der Waals surface area contributed by atoms with Crippen LogP contribution in [-0.4, -0.2) is 15.0 Å². The maximum Gasteiger partial charge on any atom is 0.124 e. The van der Waals surface area contributed by atoms with E-state index in [0.717, 1.165) is 44.9 Å². The van der Waals surface area contributed by atoms with Crippen molar-refractivity contribution in [3.63, 3.8) is 0 Å². The number of aromatic nitrogens is 3. The van der Waals surface area contributed by atoms with Gasteiger partial charge >= 0.3 is 0 Å². The van der Waals surface area contributed by atoms with Gasteiger partial charge in [-0.1, -0.05) is 75.2 Å². The Hall–Kier alpha value is -3.54. The minimum absolute atomic E-state index is 1.06. The Morgan fingerprint density at radius 3 is 1.44 bits per heavy atom. The Bertz CT molecular complexity index is 1780. The molecule has 39 heavy (non-hydrogen) atoms. The van der Waals surface area contributed by atoms with Crippen molar-refractivity contribution < 1.29 is 0 Å². The van der Waals surface area contributed by atoms with Crippen LogP contribution in [0.4, 0.5) is 0 Å². The van der Waals surface area contributed by atoms with E-state index in [-0.39, 0.29) is 0 Å². The van der Waals surface area contributed by atoms with Gasteiger partial charge in [-0.25, -0.2) is 9.97 Å². The number of aryl methyl sites for hydroxylation is 2. The molecule has 0 bridgehead atoms. The highest BCUT2D eigenvalue weighted by Gasteiger charge is 2.14. The summed E-state index contributed by atoms with van der Waals surface area (Å²) < 4.78 is 2.42. The molecule has 3 heterocycles. The van der Waals surface area contributed by atoms with E-state index in [1.54, 1.807) is 22.7 Å². The second-order valence-corrected chi connectivity index (χ2v) is 12.6. The van der Waals surface area contributed by atoms with Gasteiger partial charge in [0.2, 0.25) is 0 Å². The minimum Gasteiger partial charge on any atom is -0.354 e. The molecule has 0 aliphatic heterocycles. The second kappa shape index (κ2) is 10.2. The number of nitrogens with zero attached hydrogens (tertiary/aromatic N) is 2. The highest BCUT2D eigenvalue weighted by molar-refractivity contribution is 7.22. The molecule has 0 aliphatic rings. The zero-order valence-corrected chi connectivity index (χ0v) is 24.0. The van der Waals surface area contributed by atoms with E-state index in [0.29, 0.717) is 0 Å². The van der Waals surface area contributed by atoms with Crippen LogP contribution in [0.5, 0.6) is 0 Å². The van der Waals surface area contributed by atoms with Gasteiger partial charge in [0.05, 0.1) is 20.4 Å². The molecule has 4 aromatic carbocycles. The molecule has 194 valence electrons. The molecule has 0 amide bonds. The van der Waals surface area contributed by atoms with Crippen molar-refractivity contribution in [2.24, 2.45) is 0 Å². The number of H-pyrrole nitrogens is 1. The molecule has 0 aliphatic carbocycles. The van der Waals surface area contributed by atoms with Crippen LogP contribution in [0.3, 0.4) is 0 Å². The van der Waals surface area contributed by atoms with E-state index in [4.69, 9.17) is 9.97 Å². The Balaban J connectivity index is 1.23. The van der Waals surface area contributed by atoms with Gasteiger partial charge in [-0.2, -0.15) is 0 Å². The summed E-state index contributed by atoms with van der Waals surface area (Å²) >= 11 is 3.53. The normalized spacial score (nSPS) is 11.9. The third-order valence-electron chi connectivity index (χ3n) is 7.65. The lowest BCUT2D eigenvalue weighted by Crippen LogP contribution is -1.84. The molecule has 0 saturated carbocycles. The fraction of sp³-hybridized carbons (Fsp3) is 0.235. The molecule has 0 unspecified atom stereocenters. The van der Waals surface area contributed by atoms with E-state index < -0.39 is 0 Å². The zero-order chi connectivity index (χ0) is 26.3. The number of aromatic amines is 1. The van der Waals surface area contributed by atoms with E-state index >= 15 is 0 Å². The van der Waals surface area contributed by atoms with Gasteiger partial charge in [0.15, 0.2) is 0 Å². The van der Waals surface area contributed by atoms with Crippen molar-refractivity contribution in [1.82, 2.24) is 15.0 Å². The van der Waals surface area contributed by atoms with Crippen LogP contribution >= 0.6 is 22.7 Å². The number of thiazole rings is 2. The molecule has 0 spiro atoms. The van der Waals surface area contributed by atoms with Crippen molar-refractivity contribution in [1.29, 1.82) is 0 Å². The number of rotatable bonds is 8. The van der Waals surface area contributed by atoms with Crippen molar-refractivity contribution in [3.8, 4) is 21.1 Å². The second-order valence-electron chi connectivity index (χ2n) is 10.5. The van der Waals surface area contributed by atoms with Crippen molar-refractivity contribution in [2.75, 3.05) is 0 Å². The summed E-state index contributed by atoms with van der Waals surface area (Å²) in [5.41, 5.74) is 9.62. The summed E-state index contributed by atoms with van der Waals surface area (Å²) in [5.74, 6) is 0. The Labute approximate surface area is 236 Å². The smallest absolute Gasteiger partial charge is 0.124 e. The number of hydrogen-bond acceptors (Lipinski definition) is 4. The lowest BCUT2D eigenvalue weighted by atomic mass is 10.1. The first-order chi connectivity index (χ1) is 19.2. The predicted molar refractivity (Wildman–Crippen MR) is 170 cm³/mol. The fourth-order valence-corrected chi connectivity index (χ4v) is 7.37. The van der Waals surface area contributed by atoms with Gasteiger partial charge in [0.1, 0.15) is 10.0 Å². The molecule has 0 radical (unpaired) electrons. The molecule has 3 nitrogen and oxygen atoms in total. The fourth-order valence-electron chi connectivity index (χ4n) is 5.38. The van der Waals surface area contributed by atoms with Crippen molar-refractivity contribution in [3.05, 3.63) is 83.9 Å². The number of hydrogen-bond donors (Lipinski definition) is 1. The highest BCUT2D eigenvalue weighted by Crippen LogP contribution is 2.38. The molecule has 5 heteroatoms. The Morgan fingerprint density at radius 1 is 0.590 bits per heavy atom. The Morgan fingerprint density at radius 2 is 1.03 bits per heavy atom. The van der Waals surface area contributed by atoms with Gasteiger partial charge in [0.25, 0.3) is 0 Å². The van der Waals surface area contributed by atoms with Gasteiger partial charge in [0, 0.05) is 32.9 Å². The Kier molecular flexibility index (Phi) is 6.42. The average molecular weight is 546 g/mol. The first kappa shape index (κ1) is 24.5. The maximum atomic E-state index is 5.03. The van der Waals surface area contributed by atoms with Crippen LogP contribution in [-0.2, 0) is 12.8 Å². The van der Waals surface area contributed by atoms with E-state index in [1.807, 2.05) is 0 Å². The predicted octanol–water partition coefficient (Wildman–Crippen LogP) is 10.6. The largest absolute Gasteiger partial charge is 0.354 e. The van der Waals surface area contributed by atoms with Crippen molar-refractivity contribution >= 4 is 64.9 Å². The van der Waals surface area contributed by atoms with Crippen LogP contribution in [0, 0.1) is 0 Å². The molecule has 7 rings (SSSR count). The molecular weight excluding hydrogens is 515 g/mol. The number of benzene rings is 4. The summed E-state index contributed by atoms with van der Waals surface area (Å²) in [6.45, 7) is 4.48. The first-order valence-corrected chi connectivity index (χ1v) is 15.7. The summed E-state index contributed by atoms with van der Waals surface area (Å²) in [7, 11) is 0. The summed E-state index contributed by atoms with van der Waals surface area (Å²) in [6.07, 6.45) is 7.22. The average Bonchev–Trinajstić information content (AvgIpc) is 3.67. The lowest BCUT2D eigenvalue weighted by molar-refractivity contribution is 0.795. The van der Waals surface area contributed by atoms with Crippen molar-refractivity contribution in [2.45, 2.75) is 52.4 Å². The van der Waals surface area contributed by atoms with Crippen LogP contribution in [0.2, 0.25) is 0 Å². The van der Waals surface area contributed by atoms with E-state index in [2.05, 4.69) is 91.6 Å². The molecule has 1 N–H and O–H groups in total. The van der Waals surface area contributed by atoms with Crippen LogP contribution < -0.4 is 0 Å². The van der Waals surface area contributed by atoms with Crippen LogP contribution in [0.25, 0.3) is 63.4 Å². The zero-order valence-electron chi connectivity index (χ0n) is 22.4. The summed E-state index contributed by atoms with van der Waals surface area (Å²) in [6, 6.07) is 26.9. The number of unbranched alkanes of at least 4 members (excludes halogenated alkanes) is 2. The topological polar surface area (TPSA) is 41.6 Å². The first-order valence-electron chi connectivity index (χ1n) is 14.0. The van der Waals surface area contributed by atoms with Crippen LogP contribution in [0.15, 0.2) is 72.8 Å². The quantitative estimate of drug-likeness (QED) is 0.206. The highest BCUT2D eigenvalue weighted by atomic mass is 32.1. The summed E-state index contributed by atoms with van der Waals surface area (Å²) in [4.78, 5) is 13.7. The lowest BCUT2D eigenvalue weighted by Gasteiger charge is -2.01. The van der Waals surface area contributed by atoms with Gasteiger partial charge < -0.3 is 4.98 Å². The van der Waals surface area contributed by atoms with Crippen LogP contribution in [0.1, 0.15) is 50.7 Å². The van der Waals surface area contributed by atoms with E-state index in [1.165, 1.54) is 68.1 Å². The van der Waals surface area contributed by atoms with Gasteiger partial charge in [-0.05, 0) is 61.1 Å². The SMILES string of the molecule is CCCCc1ccc(-c2nc3cc4c(cc3s2)[nH]c2cc3sc(-c5ccc(CCCC)cc5)nc3cc24)cc1. The minimum atomic E-state index is 1.06. The van der Waals surface area contributed by atoms with E-state index in [9.17, 15) is 0 Å². The summed E-state index contributed by atoms with van der Waals surface area (Å²) in [5, 5.41) is 4.58. The maximum absolute atomic E-state index is 5.03. The standard InChI is InChI=1S/C34H31N3S2/c1-3-5-7-21-9-13-23(14-10-21)33-36-29-17-25-26-18-30-32(20-28(26)35-27(25)19-31(29)38-33)39-34(37-30)24-15-11-22(12-16-24)8-6-4-2/h9-20,35H,3-8H2,1-2H3.